The van der Waals surface area contributed by atoms with Crippen molar-refractivity contribution in [1.82, 2.24) is 4.98 Å². The zero-order chi connectivity index (χ0) is 8.81. The molecule has 0 saturated heterocycles. The van der Waals surface area contributed by atoms with Crippen LogP contribution in [0.4, 0.5) is 0 Å². The largest absolute Gasteiger partial charge is 0.370 e. The lowest BCUT2D eigenvalue weighted by Gasteiger charge is -1.96. The number of thioether (sulfide) groups is 1. The standard InChI is InChI=1S/C8H10N2OS.ClH/c9-7(11)4-6-12-8-3-1-2-5-10-8;/h1-3,5H,4,6H2,(H2,9,11);1H. The third-order valence-corrected chi connectivity index (χ3v) is 2.18. The van der Waals surface area contributed by atoms with Crippen molar-refractivity contribution in [3.8, 4) is 0 Å². The Kier molecular flexibility index (Phi) is 6.36. The number of carbonyl (C=O) groups excluding carboxylic acids is 1. The minimum Gasteiger partial charge on any atom is -0.370 e. The number of primary amides is 1. The van der Waals surface area contributed by atoms with Crippen LogP contribution < -0.4 is 5.73 Å². The molecule has 1 aromatic rings. The molecule has 0 radical (unpaired) electrons. The van der Waals surface area contributed by atoms with Crippen LogP contribution in [-0.4, -0.2) is 16.6 Å². The van der Waals surface area contributed by atoms with Gasteiger partial charge in [0.05, 0.1) is 5.03 Å². The number of aromatic nitrogens is 1. The first-order valence-corrected chi connectivity index (χ1v) is 4.60. The molecule has 0 bridgehead atoms. The molecule has 72 valence electrons. The second-order valence-corrected chi connectivity index (χ2v) is 3.35. The van der Waals surface area contributed by atoms with E-state index in [-0.39, 0.29) is 18.3 Å². The number of hydrogen-bond donors (Lipinski definition) is 1. The number of rotatable bonds is 4. The van der Waals surface area contributed by atoms with Crippen molar-refractivity contribution < 1.29 is 4.79 Å². The fourth-order valence-corrected chi connectivity index (χ4v) is 1.51. The lowest BCUT2D eigenvalue weighted by molar-refractivity contribution is -0.117. The van der Waals surface area contributed by atoms with Gasteiger partial charge in [-0.25, -0.2) is 4.98 Å². The summed E-state index contributed by atoms with van der Waals surface area (Å²) >= 11 is 1.54. The van der Waals surface area contributed by atoms with Gasteiger partial charge in [-0.2, -0.15) is 0 Å². The van der Waals surface area contributed by atoms with Crippen molar-refractivity contribution in [2.75, 3.05) is 5.75 Å². The maximum absolute atomic E-state index is 10.4. The Bertz CT molecular complexity index is 256. The summed E-state index contributed by atoms with van der Waals surface area (Å²) in [6, 6.07) is 5.68. The molecular formula is C8H11ClN2OS. The Balaban J connectivity index is 0.00000144. The van der Waals surface area contributed by atoms with Crippen LogP contribution >= 0.6 is 24.2 Å². The van der Waals surface area contributed by atoms with Gasteiger partial charge in [-0.05, 0) is 12.1 Å². The van der Waals surface area contributed by atoms with Gasteiger partial charge >= 0.3 is 0 Å². The minimum atomic E-state index is -0.265. The summed E-state index contributed by atoms with van der Waals surface area (Å²) in [4.78, 5) is 14.5. The molecule has 1 heterocycles. The van der Waals surface area contributed by atoms with Crippen molar-refractivity contribution in [3.05, 3.63) is 24.4 Å². The Morgan fingerprint density at radius 2 is 2.31 bits per heavy atom. The molecule has 1 aromatic heterocycles. The van der Waals surface area contributed by atoms with Crippen molar-refractivity contribution in [1.29, 1.82) is 0 Å². The van der Waals surface area contributed by atoms with E-state index in [4.69, 9.17) is 5.73 Å². The van der Waals surface area contributed by atoms with Crippen molar-refractivity contribution in [2.45, 2.75) is 11.4 Å². The Morgan fingerprint density at radius 1 is 1.54 bits per heavy atom. The molecular weight excluding hydrogens is 208 g/mol. The molecule has 0 aliphatic heterocycles. The normalized spacial score (nSPS) is 8.92. The molecule has 0 aliphatic carbocycles. The predicted molar refractivity (Wildman–Crippen MR) is 56.0 cm³/mol. The molecule has 0 fully saturated rings. The van der Waals surface area contributed by atoms with E-state index in [1.807, 2.05) is 18.2 Å². The van der Waals surface area contributed by atoms with E-state index >= 15 is 0 Å². The first-order valence-electron chi connectivity index (χ1n) is 3.61. The molecule has 0 aliphatic rings. The maximum Gasteiger partial charge on any atom is 0.218 e. The number of hydrogen-bond acceptors (Lipinski definition) is 3. The number of pyridine rings is 1. The maximum atomic E-state index is 10.4. The van der Waals surface area contributed by atoms with E-state index in [0.29, 0.717) is 12.2 Å². The molecule has 13 heavy (non-hydrogen) atoms. The molecule has 1 rings (SSSR count). The van der Waals surface area contributed by atoms with Crippen LogP contribution in [0.1, 0.15) is 6.42 Å². The number of amides is 1. The molecule has 0 atom stereocenters. The lowest BCUT2D eigenvalue weighted by Crippen LogP contribution is -2.10. The number of halogens is 1. The van der Waals surface area contributed by atoms with E-state index in [1.54, 1.807) is 6.20 Å². The SMILES string of the molecule is Cl.NC(=O)CCSc1ccccn1. The van der Waals surface area contributed by atoms with Gasteiger partial charge in [0.2, 0.25) is 5.91 Å². The Hall–Kier alpha value is -0.740. The average Bonchev–Trinajstić information content (AvgIpc) is 2.05. The van der Waals surface area contributed by atoms with Gasteiger partial charge in [-0.3, -0.25) is 4.79 Å². The third-order valence-electron chi connectivity index (χ3n) is 1.24. The van der Waals surface area contributed by atoms with Crippen molar-refractivity contribution in [2.24, 2.45) is 5.73 Å². The van der Waals surface area contributed by atoms with E-state index in [2.05, 4.69) is 4.98 Å². The summed E-state index contributed by atoms with van der Waals surface area (Å²) in [5.41, 5.74) is 4.98. The second kappa shape index (κ2) is 6.74. The smallest absolute Gasteiger partial charge is 0.218 e. The Labute approximate surface area is 87.5 Å². The fourth-order valence-electron chi connectivity index (χ4n) is 0.689. The third kappa shape index (κ3) is 5.49. The Morgan fingerprint density at radius 3 is 2.85 bits per heavy atom. The van der Waals surface area contributed by atoms with Crippen LogP contribution in [0.2, 0.25) is 0 Å². The van der Waals surface area contributed by atoms with Gasteiger partial charge in [-0.15, -0.1) is 24.2 Å². The van der Waals surface area contributed by atoms with Gasteiger partial charge in [0, 0.05) is 18.4 Å². The lowest BCUT2D eigenvalue weighted by atomic mass is 10.5. The van der Waals surface area contributed by atoms with E-state index < -0.39 is 0 Å². The average molecular weight is 219 g/mol. The first-order chi connectivity index (χ1) is 5.79. The molecule has 1 amide bonds. The summed E-state index contributed by atoms with van der Waals surface area (Å²) in [7, 11) is 0. The highest BCUT2D eigenvalue weighted by Crippen LogP contribution is 2.14. The van der Waals surface area contributed by atoms with E-state index in [0.717, 1.165) is 5.03 Å². The van der Waals surface area contributed by atoms with Gasteiger partial charge in [-0.1, -0.05) is 6.07 Å². The quantitative estimate of drug-likeness (QED) is 0.779. The topological polar surface area (TPSA) is 56.0 Å². The highest BCUT2D eigenvalue weighted by molar-refractivity contribution is 7.99. The summed E-state index contributed by atoms with van der Waals surface area (Å²) in [5, 5.41) is 0.929. The monoisotopic (exact) mass is 218 g/mol. The highest BCUT2D eigenvalue weighted by atomic mass is 35.5. The van der Waals surface area contributed by atoms with Gasteiger partial charge in [0.25, 0.3) is 0 Å². The number of carbonyl (C=O) groups is 1. The van der Waals surface area contributed by atoms with E-state index in [1.165, 1.54) is 11.8 Å². The second-order valence-electron chi connectivity index (χ2n) is 2.23. The highest BCUT2D eigenvalue weighted by Gasteiger charge is 1.96. The van der Waals surface area contributed by atoms with Crippen LogP contribution in [0, 0.1) is 0 Å². The molecule has 0 spiro atoms. The fraction of sp³-hybridized carbons (Fsp3) is 0.250. The number of nitrogens with two attached hydrogens (primary N) is 1. The summed E-state index contributed by atoms with van der Waals surface area (Å²) in [6.07, 6.45) is 2.13. The van der Waals surface area contributed by atoms with E-state index in [9.17, 15) is 4.79 Å². The van der Waals surface area contributed by atoms with Crippen LogP contribution in [0.15, 0.2) is 29.4 Å². The summed E-state index contributed by atoms with van der Waals surface area (Å²) in [5.74, 6) is 0.435. The van der Waals surface area contributed by atoms with Crippen LogP contribution in [-0.2, 0) is 4.79 Å². The molecule has 0 unspecified atom stereocenters. The molecule has 5 heteroatoms. The zero-order valence-electron chi connectivity index (χ0n) is 6.97. The summed E-state index contributed by atoms with van der Waals surface area (Å²) in [6.45, 7) is 0. The van der Waals surface area contributed by atoms with Crippen molar-refractivity contribution in [3.63, 3.8) is 0 Å². The van der Waals surface area contributed by atoms with Crippen LogP contribution in [0.3, 0.4) is 0 Å². The molecule has 3 nitrogen and oxygen atoms in total. The van der Waals surface area contributed by atoms with Gasteiger partial charge in [0.15, 0.2) is 0 Å². The predicted octanol–water partition coefficient (Wildman–Crippen LogP) is 1.47. The summed E-state index contributed by atoms with van der Waals surface area (Å²) < 4.78 is 0. The van der Waals surface area contributed by atoms with Crippen molar-refractivity contribution >= 4 is 30.1 Å². The molecule has 0 saturated carbocycles. The van der Waals surface area contributed by atoms with Crippen LogP contribution in [0.5, 0.6) is 0 Å². The van der Waals surface area contributed by atoms with Gasteiger partial charge in [0.1, 0.15) is 0 Å². The molecule has 0 aromatic carbocycles. The number of nitrogens with zero attached hydrogens (tertiary/aromatic N) is 1. The zero-order valence-corrected chi connectivity index (χ0v) is 8.61. The first kappa shape index (κ1) is 12.3. The van der Waals surface area contributed by atoms with Gasteiger partial charge < -0.3 is 5.73 Å². The molecule has 2 N–H and O–H groups in total. The van der Waals surface area contributed by atoms with Crippen LogP contribution in [0.25, 0.3) is 0 Å². The minimum absolute atomic E-state index is 0.